The van der Waals surface area contributed by atoms with Crippen molar-refractivity contribution in [2.75, 3.05) is 26.4 Å². The first-order valence-electron chi connectivity index (χ1n) is 24.3. The Morgan fingerprint density at radius 1 is 0.329 bits per heavy atom. The summed E-state index contributed by atoms with van der Waals surface area (Å²) in [5, 5.41) is 0. The zero-order valence-electron chi connectivity index (χ0n) is 38.2. The molecule has 70 heavy (non-hydrogen) atoms. The van der Waals surface area contributed by atoms with E-state index in [1.807, 2.05) is 0 Å². The Morgan fingerprint density at radius 2 is 0.671 bits per heavy atom. The number of aromatic nitrogens is 4. The van der Waals surface area contributed by atoms with Gasteiger partial charge in [0, 0.05) is 22.3 Å². The molecule has 0 saturated heterocycles. The molecule has 0 fully saturated rings. The lowest BCUT2D eigenvalue weighted by Gasteiger charge is -2.20. The van der Waals surface area contributed by atoms with Gasteiger partial charge in [0.05, 0.1) is 0 Å². The number of fused-ring (bicyclic) bond motifs is 10. The maximum atomic E-state index is 6.74. The van der Waals surface area contributed by atoms with Crippen molar-refractivity contribution in [2.24, 2.45) is 0 Å². The molecule has 4 unspecified atom stereocenters. The average Bonchev–Trinajstić information content (AvgIpc) is 4.30. The SMILES string of the molecule is c1ccc(-c2cccc(-c3ccccc3)c2-c2cc3cc(c2)C2COc4c5[n+](cn42)C(CO5)c2cc(-c4c(-c5ccccc5)cccc4-c4ccccc4)cc(c2)C2COc4c5n(c[n+]42)C3CO5)cc1. The lowest BCUT2D eigenvalue weighted by molar-refractivity contribution is -0.697. The molecule has 0 aliphatic carbocycles. The summed E-state index contributed by atoms with van der Waals surface area (Å²) in [6.45, 7) is 1.94. The second kappa shape index (κ2) is 15.5. The molecule has 0 N–H and O–H groups in total. The van der Waals surface area contributed by atoms with Crippen LogP contribution in [0.1, 0.15) is 46.4 Å². The summed E-state index contributed by atoms with van der Waals surface area (Å²) in [5.41, 5.74) is 18.7. The molecule has 0 amide bonds. The minimum absolute atomic E-state index is 0.111. The first-order chi connectivity index (χ1) is 34.7. The molecule has 4 atom stereocenters. The van der Waals surface area contributed by atoms with E-state index in [-0.39, 0.29) is 24.2 Å². The van der Waals surface area contributed by atoms with Crippen molar-refractivity contribution in [2.45, 2.75) is 24.2 Å². The topological polar surface area (TPSA) is 54.5 Å². The van der Waals surface area contributed by atoms with Gasteiger partial charge in [0.15, 0.2) is 24.2 Å². The lowest BCUT2D eigenvalue weighted by atomic mass is 9.85. The number of hydrogen-bond donors (Lipinski definition) is 0. The second-order valence-corrected chi connectivity index (χ2v) is 19.1. The van der Waals surface area contributed by atoms with Crippen LogP contribution in [-0.2, 0) is 0 Å². The third kappa shape index (κ3) is 6.02. The van der Waals surface area contributed by atoms with Crippen LogP contribution >= 0.6 is 0 Å². The highest BCUT2D eigenvalue weighted by Crippen LogP contribution is 2.49. The minimum atomic E-state index is -0.111. The smallest absolute Gasteiger partial charge is 0.373 e. The summed E-state index contributed by atoms with van der Waals surface area (Å²) >= 11 is 0. The summed E-state index contributed by atoms with van der Waals surface area (Å²) in [6, 6.07) is 70.3. The number of ether oxygens (including phenoxy) is 4. The van der Waals surface area contributed by atoms with E-state index in [0.717, 1.165) is 56.9 Å². The van der Waals surface area contributed by atoms with Crippen LogP contribution < -0.4 is 28.1 Å². The molecule has 0 saturated carbocycles. The number of nitrogens with zero attached hydrogens (tertiary/aromatic N) is 4. The fraction of sp³-hybridized carbons (Fsp3) is 0.129. The van der Waals surface area contributed by atoms with Gasteiger partial charge in [0.25, 0.3) is 12.7 Å². The molecule has 8 nitrogen and oxygen atoms in total. The van der Waals surface area contributed by atoms with E-state index in [1.165, 1.54) is 55.6 Å². The Bertz CT molecular complexity index is 3230. The third-order valence-electron chi connectivity index (χ3n) is 15.2. The van der Waals surface area contributed by atoms with Gasteiger partial charge in [-0.2, -0.15) is 18.3 Å². The van der Waals surface area contributed by atoms with Gasteiger partial charge < -0.3 is 18.9 Å². The quantitative estimate of drug-likeness (QED) is 0.156. The molecule has 5 aliphatic heterocycles. The zero-order valence-corrected chi connectivity index (χ0v) is 38.2. The molecule has 5 aliphatic rings. The van der Waals surface area contributed by atoms with Gasteiger partial charge in [-0.15, -0.1) is 0 Å². The standard InChI is InChI=1S/C62H46N4O4/c1-5-15-39(16-6-1)49-23-13-24-50(40-17-7-2-8-18-40)57(49)47-29-43-27-44(30-47)54-34-68-60-62-66(38-64(54)60)56(36-70-62)46-28-45(55-35-69-61-59-63(37-65(55)61)53(43)33-67-59)31-48(32-46)58-51(41-19-9-3-10-20-41)25-14-26-52(58)42-21-11-4-12-22-42/h1-32,37-38,53-56H,33-36H2/q+2. The van der Waals surface area contributed by atoms with Gasteiger partial charge in [0.1, 0.15) is 26.4 Å². The Balaban J connectivity index is 0.959. The van der Waals surface area contributed by atoms with E-state index in [9.17, 15) is 0 Å². The lowest BCUT2D eigenvalue weighted by Crippen LogP contribution is -2.38. The first-order valence-corrected chi connectivity index (χ1v) is 24.3. The van der Waals surface area contributed by atoms with E-state index < -0.39 is 0 Å². The Labute approximate surface area is 405 Å². The Hall–Kier alpha value is -8.62. The molecule has 10 aromatic rings. The molecular formula is C62H46N4O4+2. The molecule has 336 valence electrons. The van der Waals surface area contributed by atoms with E-state index in [0.29, 0.717) is 26.4 Å². The summed E-state index contributed by atoms with van der Waals surface area (Å²) < 4.78 is 36.2. The van der Waals surface area contributed by atoms with Crippen molar-refractivity contribution in [3.8, 4) is 90.3 Å². The summed E-state index contributed by atoms with van der Waals surface area (Å²) in [5.74, 6) is 3.06. The van der Waals surface area contributed by atoms with Crippen LogP contribution in [0.5, 0.6) is 23.5 Å². The number of imidazole rings is 2. The van der Waals surface area contributed by atoms with Crippen LogP contribution in [0.4, 0.5) is 0 Å². The van der Waals surface area contributed by atoms with Crippen LogP contribution in [0.15, 0.2) is 207 Å². The van der Waals surface area contributed by atoms with Crippen molar-refractivity contribution >= 4 is 0 Å². The van der Waals surface area contributed by atoms with Crippen molar-refractivity contribution in [3.05, 3.63) is 229 Å². The van der Waals surface area contributed by atoms with E-state index in [1.54, 1.807) is 0 Å². The van der Waals surface area contributed by atoms with Crippen molar-refractivity contribution in [1.29, 1.82) is 0 Å². The molecule has 0 radical (unpaired) electrons. The fourth-order valence-electron chi connectivity index (χ4n) is 11.9. The maximum absolute atomic E-state index is 6.74. The molecule has 7 heterocycles. The number of rotatable bonds is 6. The molecular weight excluding hydrogens is 865 g/mol. The van der Waals surface area contributed by atoms with Crippen LogP contribution in [-0.4, -0.2) is 35.6 Å². The average molecular weight is 911 g/mol. The van der Waals surface area contributed by atoms with Crippen LogP contribution in [0.25, 0.3) is 66.8 Å². The Morgan fingerprint density at radius 3 is 1.04 bits per heavy atom. The minimum Gasteiger partial charge on any atom is -0.452 e. The largest absolute Gasteiger partial charge is 0.452 e. The molecule has 8 aromatic carbocycles. The third-order valence-corrected chi connectivity index (χ3v) is 15.2. The maximum Gasteiger partial charge on any atom is 0.373 e. The molecule has 15 rings (SSSR count). The Kier molecular flexibility index (Phi) is 8.69. The van der Waals surface area contributed by atoms with Crippen LogP contribution in [0, 0.1) is 0 Å². The summed E-state index contributed by atoms with van der Waals surface area (Å²) in [7, 11) is 0. The van der Waals surface area contributed by atoms with Crippen LogP contribution in [0.3, 0.4) is 0 Å². The van der Waals surface area contributed by atoms with Gasteiger partial charge >= 0.3 is 23.5 Å². The number of hydrogen-bond acceptors (Lipinski definition) is 4. The van der Waals surface area contributed by atoms with E-state index in [2.05, 4.69) is 225 Å². The molecule has 8 heteroatoms. The number of benzene rings is 8. The normalized spacial score (nSPS) is 18.5. The van der Waals surface area contributed by atoms with Crippen molar-refractivity contribution < 1.29 is 28.1 Å². The highest BCUT2D eigenvalue weighted by Gasteiger charge is 2.48. The zero-order chi connectivity index (χ0) is 45.9. The van der Waals surface area contributed by atoms with Crippen LogP contribution in [0.2, 0.25) is 0 Å². The first kappa shape index (κ1) is 39.4. The van der Waals surface area contributed by atoms with Gasteiger partial charge in [-0.25, -0.2) is 0 Å². The van der Waals surface area contributed by atoms with Gasteiger partial charge in [-0.3, -0.25) is 0 Å². The van der Waals surface area contributed by atoms with E-state index in [4.69, 9.17) is 18.9 Å². The van der Waals surface area contributed by atoms with Gasteiger partial charge in [-0.05, 0) is 103 Å². The summed E-state index contributed by atoms with van der Waals surface area (Å²) in [6.07, 6.45) is 4.48. The second-order valence-electron chi connectivity index (χ2n) is 19.1. The predicted octanol–water partition coefficient (Wildman–Crippen LogP) is 12.1. The van der Waals surface area contributed by atoms with Gasteiger partial charge in [-0.1, -0.05) is 158 Å². The van der Waals surface area contributed by atoms with E-state index >= 15 is 0 Å². The molecule has 0 spiro atoms. The monoisotopic (exact) mass is 910 g/mol. The summed E-state index contributed by atoms with van der Waals surface area (Å²) in [4.78, 5) is 0. The molecule has 2 aromatic heterocycles. The fourth-order valence-corrected chi connectivity index (χ4v) is 11.9. The predicted molar refractivity (Wildman–Crippen MR) is 269 cm³/mol. The van der Waals surface area contributed by atoms with Crippen molar-refractivity contribution in [1.82, 2.24) is 9.13 Å². The van der Waals surface area contributed by atoms with Gasteiger partial charge in [0.2, 0.25) is 0 Å². The molecule has 8 bridgehead atoms. The highest BCUT2D eigenvalue weighted by molar-refractivity contribution is 5.96. The van der Waals surface area contributed by atoms with Crippen molar-refractivity contribution in [3.63, 3.8) is 0 Å². The highest BCUT2D eigenvalue weighted by atomic mass is 16.6.